The highest BCUT2D eigenvalue weighted by Crippen LogP contribution is 2.19. The summed E-state index contributed by atoms with van der Waals surface area (Å²) in [4.78, 5) is 11.9. The third-order valence-electron chi connectivity index (χ3n) is 3.45. The van der Waals surface area contributed by atoms with E-state index >= 15 is 0 Å². The van der Waals surface area contributed by atoms with Gasteiger partial charge in [-0.1, -0.05) is 17.7 Å². The van der Waals surface area contributed by atoms with Crippen LogP contribution in [-0.2, 0) is 9.53 Å². The van der Waals surface area contributed by atoms with Crippen molar-refractivity contribution in [2.75, 3.05) is 31.6 Å². The Hall–Kier alpha value is -1.10. The molecule has 20 heavy (non-hydrogen) atoms. The van der Waals surface area contributed by atoms with E-state index < -0.39 is 0 Å². The molecule has 1 heterocycles. The number of aryl methyl sites for hydroxylation is 1. The first-order valence-corrected chi connectivity index (χ1v) is 7.37. The van der Waals surface area contributed by atoms with E-state index in [4.69, 9.17) is 16.3 Å². The van der Waals surface area contributed by atoms with Crippen LogP contribution < -0.4 is 10.6 Å². The average molecular weight is 297 g/mol. The lowest BCUT2D eigenvalue weighted by Crippen LogP contribution is -2.34. The normalized spacial score (nSPS) is 18.8. The molecule has 0 radical (unpaired) electrons. The van der Waals surface area contributed by atoms with Gasteiger partial charge in [0.15, 0.2) is 0 Å². The quantitative estimate of drug-likeness (QED) is 0.878. The van der Waals surface area contributed by atoms with Gasteiger partial charge in [0, 0.05) is 23.9 Å². The minimum atomic E-state index is -0.0490. The van der Waals surface area contributed by atoms with Crippen molar-refractivity contribution >= 4 is 23.2 Å². The van der Waals surface area contributed by atoms with E-state index in [9.17, 15) is 4.79 Å². The van der Waals surface area contributed by atoms with Crippen molar-refractivity contribution < 1.29 is 9.53 Å². The number of nitrogens with one attached hydrogen (secondary N) is 2. The van der Waals surface area contributed by atoms with Crippen molar-refractivity contribution in [3.63, 3.8) is 0 Å². The summed E-state index contributed by atoms with van der Waals surface area (Å²) in [6, 6.07) is 5.47. The standard InChI is InChI=1S/C15H21ClN2O2/c1-11-4-5-13(16)7-14(11)18-15(19)9-17-8-12-3-2-6-20-10-12/h4-5,7,12,17H,2-3,6,8-10H2,1H3,(H,18,19). The summed E-state index contributed by atoms with van der Waals surface area (Å²) in [5.74, 6) is 0.469. The van der Waals surface area contributed by atoms with E-state index in [1.807, 2.05) is 19.1 Å². The number of halogens is 1. The Kier molecular flexibility index (Phi) is 5.83. The second kappa shape index (κ2) is 7.62. The van der Waals surface area contributed by atoms with Crippen LogP contribution in [0.4, 0.5) is 5.69 Å². The van der Waals surface area contributed by atoms with Gasteiger partial charge in [-0.3, -0.25) is 4.79 Å². The van der Waals surface area contributed by atoms with Gasteiger partial charge in [0.1, 0.15) is 0 Å². The van der Waals surface area contributed by atoms with Gasteiger partial charge < -0.3 is 15.4 Å². The smallest absolute Gasteiger partial charge is 0.238 e. The van der Waals surface area contributed by atoms with E-state index in [2.05, 4.69) is 10.6 Å². The topological polar surface area (TPSA) is 50.4 Å². The number of carbonyl (C=O) groups is 1. The molecule has 1 saturated heterocycles. The highest BCUT2D eigenvalue weighted by molar-refractivity contribution is 6.31. The van der Waals surface area contributed by atoms with Crippen LogP contribution in [0.2, 0.25) is 5.02 Å². The van der Waals surface area contributed by atoms with Gasteiger partial charge in [0.2, 0.25) is 5.91 Å². The Labute approximate surface area is 124 Å². The fraction of sp³-hybridized carbons (Fsp3) is 0.533. The molecule has 1 unspecified atom stereocenters. The maximum absolute atomic E-state index is 11.9. The van der Waals surface area contributed by atoms with Crippen molar-refractivity contribution in [1.29, 1.82) is 0 Å². The largest absolute Gasteiger partial charge is 0.381 e. The Morgan fingerprint density at radius 2 is 2.35 bits per heavy atom. The van der Waals surface area contributed by atoms with Crippen LogP contribution in [-0.4, -0.2) is 32.2 Å². The summed E-state index contributed by atoms with van der Waals surface area (Å²) in [6.45, 7) is 4.73. The van der Waals surface area contributed by atoms with Crippen LogP contribution in [0, 0.1) is 12.8 Å². The van der Waals surface area contributed by atoms with E-state index in [0.717, 1.165) is 37.4 Å². The van der Waals surface area contributed by atoms with E-state index in [0.29, 0.717) is 17.5 Å². The molecule has 0 bridgehead atoms. The van der Waals surface area contributed by atoms with Crippen molar-refractivity contribution in [2.45, 2.75) is 19.8 Å². The van der Waals surface area contributed by atoms with Gasteiger partial charge in [0.25, 0.3) is 0 Å². The zero-order chi connectivity index (χ0) is 14.4. The fourth-order valence-corrected chi connectivity index (χ4v) is 2.45. The SMILES string of the molecule is Cc1ccc(Cl)cc1NC(=O)CNCC1CCCOC1. The van der Waals surface area contributed by atoms with Crippen LogP contribution >= 0.6 is 11.6 Å². The number of ether oxygens (including phenoxy) is 1. The maximum atomic E-state index is 11.9. The lowest BCUT2D eigenvalue weighted by Gasteiger charge is -2.22. The molecule has 0 aliphatic carbocycles. The van der Waals surface area contributed by atoms with Gasteiger partial charge in [-0.2, -0.15) is 0 Å². The van der Waals surface area contributed by atoms with Crippen LogP contribution in [0.25, 0.3) is 0 Å². The number of carbonyl (C=O) groups excluding carboxylic acids is 1. The summed E-state index contributed by atoms with van der Waals surface area (Å²) >= 11 is 5.93. The number of benzene rings is 1. The molecular formula is C15H21ClN2O2. The second-order valence-electron chi connectivity index (χ2n) is 5.22. The number of amides is 1. The molecule has 2 N–H and O–H groups in total. The summed E-state index contributed by atoms with van der Waals surface area (Å²) < 4.78 is 5.41. The number of hydrogen-bond donors (Lipinski definition) is 2. The number of rotatable bonds is 5. The molecule has 0 aromatic heterocycles. The summed E-state index contributed by atoms with van der Waals surface area (Å²) in [6.07, 6.45) is 2.28. The number of hydrogen-bond acceptors (Lipinski definition) is 3. The molecule has 0 saturated carbocycles. The van der Waals surface area contributed by atoms with Gasteiger partial charge in [-0.15, -0.1) is 0 Å². The molecule has 1 atom stereocenters. The summed E-state index contributed by atoms with van der Waals surface area (Å²) in [5, 5.41) is 6.68. The Morgan fingerprint density at radius 3 is 3.10 bits per heavy atom. The molecule has 1 amide bonds. The zero-order valence-electron chi connectivity index (χ0n) is 11.7. The third kappa shape index (κ3) is 4.78. The van der Waals surface area contributed by atoms with Crippen molar-refractivity contribution in [3.05, 3.63) is 28.8 Å². The molecule has 1 aliphatic rings. The molecule has 1 aliphatic heterocycles. The Balaban J connectivity index is 1.73. The Morgan fingerprint density at radius 1 is 1.50 bits per heavy atom. The van der Waals surface area contributed by atoms with Crippen LogP contribution in [0.3, 0.4) is 0 Å². The fourth-order valence-electron chi connectivity index (χ4n) is 2.28. The number of anilines is 1. The third-order valence-corrected chi connectivity index (χ3v) is 3.68. The first-order chi connectivity index (χ1) is 9.65. The highest BCUT2D eigenvalue weighted by Gasteiger charge is 2.14. The van der Waals surface area contributed by atoms with Crippen LogP contribution in [0.5, 0.6) is 0 Å². The molecule has 1 fully saturated rings. The molecule has 4 nitrogen and oxygen atoms in total. The van der Waals surface area contributed by atoms with E-state index in [-0.39, 0.29) is 5.91 Å². The molecular weight excluding hydrogens is 276 g/mol. The molecule has 1 aromatic carbocycles. The summed E-state index contributed by atoms with van der Waals surface area (Å²) in [5.41, 5.74) is 1.77. The van der Waals surface area contributed by atoms with Gasteiger partial charge in [0.05, 0.1) is 13.2 Å². The van der Waals surface area contributed by atoms with Gasteiger partial charge in [-0.05, 0) is 43.4 Å². The Bertz CT molecular complexity index is 459. The first kappa shape index (κ1) is 15.3. The van der Waals surface area contributed by atoms with Crippen molar-refractivity contribution in [2.24, 2.45) is 5.92 Å². The molecule has 1 aromatic rings. The minimum absolute atomic E-state index is 0.0490. The van der Waals surface area contributed by atoms with Crippen molar-refractivity contribution in [3.8, 4) is 0 Å². The molecule has 2 rings (SSSR count). The monoisotopic (exact) mass is 296 g/mol. The minimum Gasteiger partial charge on any atom is -0.381 e. The maximum Gasteiger partial charge on any atom is 0.238 e. The lowest BCUT2D eigenvalue weighted by molar-refractivity contribution is -0.115. The van der Waals surface area contributed by atoms with Gasteiger partial charge in [-0.25, -0.2) is 0 Å². The highest BCUT2D eigenvalue weighted by atomic mass is 35.5. The zero-order valence-corrected chi connectivity index (χ0v) is 12.5. The van der Waals surface area contributed by atoms with Crippen LogP contribution in [0.15, 0.2) is 18.2 Å². The average Bonchev–Trinajstić information content (AvgIpc) is 2.44. The van der Waals surface area contributed by atoms with Crippen LogP contribution in [0.1, 0.15) is 18.4 Å². The summed E-state index contributed by atoms with van der Waals surface area (Å²) in [7, 11) is 0. The predicted octanol–water partition coefficient (Wildman–Crippen LogP) is 2.60. The van der Waals surface area contributed by atoms with E-state index in [1.54, 1.807) is 6.07 Å². The molecule has 110 valence electrons. The lowest BCUT2D eigenvalue weighted by atomic mass is 10.0. The molecule has 0 spiro atoms. The first-order valence-electron chi connectivity index (χ1n) is 6.99. The molecule has 5 heteroatoms. The van der Waals surface area contributed by atoms with Crippen molar-refractivity contribution in [1.82, 2.24) is 5.32 Å². The predicted molar refractivity (Wildman–Crippen MR) is 81.2 cm³/mol. The van der Waals surface area contributed by atoms with Gasteiger partial charge >= 0.3 is 0 Å². The van der Waals surface area contributed by atoms with E-state index in [1.165, 1.54) is 6.42 Å². The second-order valence-corrected chi connectivity index (χ2v) is 5.66.